The Bertz CT molecular complexity index is 1450. The van der Waals surface area contributed by atoms with Gasteiger partial charge in [-0.15, -0.1) is 0 Å². The van der Waals surface area contributed by atoms with Crippen molar-refractivity contribution in [1.29, 1.82) is 0 Å². The van der Waals surface area contributed by atoms with Crippen LogP contribution in [-0.2, 0) is 28.6 Å². The fraction of sp³-hybridized carbons (Fsp3) is 0.629. The van der Waals surface area contributed by atoms with Gasteiger partial charge in [0.1, 0.15) is 13.2 Å². The van der Waals surface area contributed by atoms with Crippen molar-refractivity contribution in [2.45, 2.75) is 239 Å². The first-order valence-corrected chi connectivity index (χ1v) is 27.5. The van der Waals surface area contributed by atoms with Gasteiger partial charge < -0.3 is 14.2 Å². The van der Waals surface area contributed by atoms with Crippen LogP contribution in [0.4, 0.5) is 0 Å². The van der Waals surface area contributed by atoms with Crippen LogP contribution in [0, 0.1) is 0 Å². The summed E-state index contributed by atoms with van der Waals surface area (Å²) in [5, 5.41) is 0. The molecule has 0 N–H and O–H groups in total. The number of unbranched alkanes of at least 4 members (excludes halogenated alkanes) is 18. The normalized spacial score (nSPS) is 13.0. The highest BCUT2D eigenvalue weighted by Gasteiger charge is 2.19. The molecule has 0 aliphatic carbocycles. The zero-order chi connectivity index (χ0) is 49.3. The molecule has 1 unspecified atom stereocenters. The van der Waals surface area contributed by atoms with Crippen LogP contribution in [0.1, 0.15) is 233 Å². The van der Waals surface area contributed by atoms with Crippen LogP contribution >= 0.6 is 0 Å². The van der Waals surface area contributed by atoms with Gasteiger partial charge in [-0.05, 0) is 89.9 Å². The Morgan fingerprint density at radius 1 is 0.324 bits per heavy atom. The molecule has 0 spiro atoms. The minimum absolute atomic E-state index is 0.0914. The third kappa shape index (κ3) is 52.8. The van der Waals surface area contributed by atoms with Gasteiger partial charge in [-0.1, -0.05) is 245 Å². The van der Waals surface area contributed by atoms with Gasteiger partial charge in [-0.2, -0.15) is 0 Å². The molecule has 0 aromatic carbocycles. The van der Waals surface area contributed by atoms with Crippen LogP contribution in [0.15, 0.2) is 122 Å². The Morgan fingerprint density at radius 3 is 0.971 bits per heavy atom. The predicted octanol–water partition coefficient (Wildman–Crippen LogP) is 18.5. The number of hydrogen-bond donors (Lipinski definition) is 0. The lowest BCUT2D eigenvalue weighted by Gasteiger charge is -2.18. The molecule has 0 saturated heterocycles. The molecule has 0 aromatic rings. The molecule has 68 heavy (non-hydrogen) atoms. The molecule has 6 heteroatoms. The quantitative estimate of drug-likeness (QED) is 0.0262. The second kappa shape index (κ2) is 55.4. The van der Waals surface area contributed by atoms with Crippen molar-refractivity contribution in [1.82, 2.24) is 0 Å². The fourth-order valence-electron chi connectivity index (χ4n) is 7.19. The van der Waals surface area contributed by atoms with Crippen molar-refractivity contribution in [2.75, 3.05) is 13.2 Å². The zero-order valence-electron chi connectivity index (χ0n) is 43.8. The van der Waals surface area contributed by atoms with Gasteiger partial charge in [0.15, 0.2) is 6.10 Å². The SMILES string of the molecule is CC/C=C\C/C=C\C/C=C\C/C=C\C/C=C\CCCCCCCCCC(=O)OCC(COC(=O)CCCCCCCCCCCCCC)OC(=O)C/C=C\C/C=C\C/C=C\C/C=C\C/C=C\CC. The van der Waals surface area contributed by atoms with Crippen molar-refractivity contribution < 1.29 is 28.6 Å². The van der Waals surface area contributed by atoms with Gasteiger partial charge in [0.05, 0.1) is 6.42 Å². The monoisotopic (exact) mass is 941 g/mol. The van der Waals surface area contributed by atoms with Gasteiger partial charge in [-0.25, -0.2) is 0 Å². The molecule has 0 heterocycles. The van der Waals surface area contributed by atoms with Crippen molar-refractivity contribution in [3.05, 3.63) is 122 Å². The number of carbonyl (C=O) groups is 3. The average molecular weight is 941 g/mol. The lowest BCUT2D eigenvalue weighted by atomic mass is 10.0. The lowest BCUT2D eigenvalue weighted by molar-refractivity contribution is -0.166. The van der Waals surface area contributed by atoms with E-state index in [4.69, 9.17) is 14.2 Å². The molecule has 0 radical (unpaired) electrons. The molecule has 0 amide bonds. The summed E-state index contributed by atoms with van der Waals surface area (Å²) in [4.78, 5) is 38.0. The Kier molecular flexibility index (Phi) is 52.0. The van der Waals surface area contributed by atoms with E-state index in [0.29, 0.717) is 19.3 Å². The van der Waals surface area contributed by atoms with Crippen LogP contribution in [0.3, 0.4) is 0 Å². The third-order valence-corrected chi connectivity index (χ3v) is 11.2. The Balaban J connectivity index is 4.46. The molecule has 6 nitrogen and oxygen atoms in total. The predicted molar refractivity (Wildman–Crippen MR) is 293 cm³/mol. The zero-order valence-corrected chi connectivity index (χ0v) is 43.8. The maximum Gasteiger partial charge on any atom is 0.310 e. The molecule has 0 aromatic heterocycles. The second-order valence-corrected chi connectivity index (χ2v) is 17.8. The standard InChI is InChI=1S/C62H100O6/c1-4-7-10-13-16-19-22-25-27-28-29-30-31-32-33-34-36-37-40-43-46-49-52-55-61(64)67-58-59(57-66-60(63)54-51-48-45-42-39-24-21-18-15-12-9-6-3)68-62(65)56-53-50-47-44-41-38-35-26-23-20-17-14-11-8-5-2/h7-8,10-11,16-17,19-20,25-27,29-30,32-33,35,41,44,50,53,59H,4-6,9,12-15,18,21-24,28,31,34,36-40,42-43,45-49,51-52,54-58H2,1-3H3/b10-7-,11-8-,19-16-,20-17-,27-25-,30-29-,33-32-,35-26-,44-41-,53-50-. The molecule has 0 aliphatic rings. The van der Waals surface area contributed by atoms with Crippen molar-refractivity contribution >= 4 is 17.9 Å². The van der Waals surface area contributed by atoms with E-state index < -0.39 is 12.1 Å². The molecule has 0 fully saturated rings. The smallest absolute Gasteiger partial charge is 0.310 e. The molecule has 0 saturated carbocycles. The summed E-state index contributed by atoms with van der Waals surface area (Å²) < 4.78 is 16.7. The topological polar surface area (TPSA) is 78.9 Å². The van der Waals surface area contributed by atoms with Crippen LogP contribution in [0.2, 0.25) is 0 Å². The number of carbonyl (C=O) groups excluding carboxylic acids is 3. The number of hydrogen-bond acceptors (Lipinski definition) is 6. The molecule has 384 valence electrons. The number of esters is 3. The summed E-state index contributed by atoms with van der Waals surface area (Å²) in [5.74, 6) is -1.07. The van der Waals surface area contributed by atoms with Crippen molar-refractivity contribution in [3.8, 4) is 0 Å². The number of allylic oxidation sites excluding steroid dienone is 19. The summed E-state index contributed by atoms with van der Waals surface area (Å²) in [6.45, 7) is 6.31. The highest BCUT2D eigenvalue weighted by atomic mass is 16.6. The summed E-state index contributed by atoms with van der Waals surface area (Å²) >= 11 is 0. The molecule has 0 rings (SSSR count). The second-order valence-electron chi connectivity index (χ2n) is 17.8. The van der Waals surface area contributed by atoms with Crippen LogP contribution in [0.25, 0.3) is 0 Å². The van der Waals surface area contributed by atoms with Gasteiger partial charge in [-0.3, -0.25) is 14.4 Å². The largest absolute Gasteiger partial charge is 0.462 e. The first kappa shape index (κ1) is 63.8. The average Bonchev–Trinajstić information content (AvgIpc) is 3.34. The van der Waals surface area contributed by atoms with Gasteiger partial charge in [0.2, 0.25) is 0 Å². The Labute approximate surface area is 418 Å². The fourth-order valence-corrected chi connectivity index (χ4v) is 7.19. The first-order chi connectivity index (χ1) is 33.5. The van der Waals surface area contributed by atoms with Crippen molar-refractivity contribution in [3.63, 3.8) is 0 Å². The summed E-state index contributed by atoms with van der Waals surface area (Å²) in [6, 6.07) is 0. The molecular weight excluding hydrogens is 841 g/mol. The summed E-state index contributed by atoms with van der Waals surface area (Å²) in [7, 11) is 0. The highest BCUT2D eigenvalue weighted by Crippen LogP contribution is 2.14. The van der Waals surface area contributed by atoms with E-state index in [0.717, 1.165) is 103 Å². The van der Waals surface area contributed by atoms with Crippen molar-refractivity contribution in [2.24, 2.45) is 0 Å². The van der Waals surface area contributed by atoms with Crippen LogP contribution in [-0.4, -0.2) is 37.2 Å². The van der Waals surface area contributed by atoms with E-state index in [9.17, 15) is 14.4 Å². The molecule has 1 atom stereocenters. The summed E-state index contributed by atoms with van der Waals surface area (Å²) in [6.07, 6.45) is 76.4. The van der Waals surface area contributed by atoms with Gasteiger partial charge in [0.25, 0.3) is 0 Å². The summed E-state index contributed by atoms with van der Waals surface area (Å²) in [5.41, 5.74) is 0. The molecule has 0 aliphatic heterocycles. The molecular formula is C62H100O6. The van der Waals surface area contributed by atoms with E-state index in [2.05, 4.69) is 130 Å². The van der Waals surface area contributed by atoms with E-state index >= 15 is 0 Å². The van der Waals surface area contributed by atoms with E-state index in [1.807, 2.05) is 6.08 Å². The first-order valence-electron chi connectivity index (χ1n) is 27.5. The highest BCUT2D eigenvalue weighted by molar-refractivity contribution is 5.72. The Morgan fingerprint density at radius 2 is 0.618 bits per heavy atom. The van der Waals surface area contributed by atoms with Crippen LogP contribution in [0.5, 0.6) is 0 Å². The lowest BCUT2D eigenvalue weighted by Crippen LogP contribution is -2.30. The van der Waals surface area contributed by atoms with E-state index in [-0.39, 0.29) is 31.6 Å². The maximum atomic E-state index is 12.8. The van der Waals surface area contributed by atoms with E-state index in [1.54, 1.807) is 6.08 Å². The molecule has 0 bridgehead atoms. The maximum absolute atomic E-state index is 12.8. The number of ether oxygens (including phenoxy) is 3. The minimum Gasteiger partial charge on any atom is -0.462 e. The van der Waals surface area contributed by atoms with Gasteiger partial charge >= 0.3 is 17.9 Å². The van der Waals surface area contributed by atoms with Gasteiger partial charge in [0, 0.05) is 12.8 Å². The third-order valence-electron chi connectivity index (χ3n) is 11.2. The number of rotatable bonds is 48. The van der Waals surface area contributed by atoms with E-state index in [1.165, 1.54) is 83.5 Å². The van der Waals surface area contributed by atoms with Crippen LogP contribution < -0.4 is 0 Å². The Hall–Kier alpha value is -4.19. The minimum atomic E-state index is -0.838.